The molecule has 2 aromatic carbocycles. The van der Waals surface area contributed by atoms with Crippen LogP contribution in [0.1, 0.15) is 34.7 Å². The molecule has 0 saturated carbocycles. The summed E-state index contributed by atoms with van der Waals surface area (Å²) < 4.78 is 27.3. The first kappa shape index (κ1) is 17.8. The number of hydrogen-bond acceptors (Lipinski definition) is 3. The molecule has 1 aliphatic heterocycles. The molecule has 3 aromatic rings. The first-order valence-electron chi connectivity index (χ1n) is 8.93. The number of sulfonamides is 1. The standard InChI is InChI=1S/C20H21N3O3S/c21-20(24)15-5-7-16(8-6-15)27(25,26)23-11-9-14(10-12-23)18-13-22-19-4-2-1-3-17(18)19/h1-8,13-14,22H,9-12H2,(H2,21,24). The second kappa shape index (κ2) is 6.83. The van der Waals surface area contributed by atoms with E-state index in [2.05, 4.69) is 11.1 Å². The predicted octanol–water partition coefficient (Wildman–Crippen LogP) is 2.84. The third-order valence-corrected chi connectivity index (χ3v) is 7.20. The van der Waals surface area contributed by atoms with E-state index in [1.165, 1.54) is 39.5 Å². The lowest BCUT2D eigenvalue weighted by molar-refractivity contribution is 0.1000. The Hall–Kier alpha value is -2.64. The van der Waals surface area contributed by atoms with Crippen LogP contribution in [-0.4, -0.2) is 36.7 Å². The van der Waals surface area contributed by atoms with Gasteiger partial charge in [0, 0.05) is 35.8 Å². The second-order valence-electron chi connectivity index (χ2n) is 6.86. The van der Waals surface area contributed by atoms with Crippen LogP contribution in [0.25, 0.3) is 10.9 Å². The van der Waals surface area contributed by atoms with Crippen LogP contribution in [-0.2, 0) is 10.0 Å². The lowest BCUT2D eigenvalue weighted by Crippen LogP contribution is -2.37. The minimum atomic E-state index is -3.57. The van der Waals surface area contributed by atoms with E-state index in [4.69, 9.17) is 5.73 Å². The van der Waals surface area contributed by atoms with E-state index in [1.54, 1.807) is 0 Å². The van der Waals surface area contributed by atoms with Crippen molar-refractivity contribution in [3.8, 4) is 0 Å². The molecular weight excluding hydrogens is 362 g/mol. The highest BCUT2D eigenvalue weighted by Crippen LogP contribution is 2.34. The van der Waals surface area contributed by atoms with Gasteiger partial charge in [-0.25, -0.2) is 8.42 Å². The molecule has 27 heavy (non-hydrogen) atoms. The van der Waals surface area contributed by atoms with Gasteiger partial charge in [-0.2, -0.15) is 4.31 Å². The number of piperidine rings is 1. The SMILES string of the molecule is NC(=O)c1ccc(S(=O)(=O)N2CCC(c3c[nH]c4ccccc34)CC2)cc1. The summed E-state index contributed by atoms with van der Waals surface area (Å²) in [5, 5.41) is 1.21. The molecule has 0 radical (unpaired) electrons. The van der Waals surface area contributed by atoms with Crippen LogP contribution in [0, 0.1) is 0 Å². The molecule has 7 heteroatoms. The molecule has 1 fully saturated rings. The first-order valence-corrected chi connectivity index (χ1v) is 10.4. The molecule has 0 unspecified atom stereocenters. The summed E-state index contributed by atoms with van der Waals surface area (Å²) in [6, 6.07) is 14.0. The smallest absolute Gasteiger partial charge is 0.248 e. The maximum absolute atomic E-state index is 12.9. The minimum Gasteiger partial charge on any atom is -0.366 e. The number of carbonyl (C=O) groups is 1. The van der Waals surface area contributed by atoms with Crippen molar-refractivity contribution in [3.05, 3.63) is 65.9 Å². The van der Waals surface area contributed by atoms with Gasteiger partial charge in [-0.1, -0.05) is 18.2 Å². The number of fused-ring (bicyclic) bond motifs is 1. The van der Waals surface area contributed by atoms with E-state index in [0.29, 0.717) is 24.6 Å². The number of amides is 1. The van der Waals surface area contributed by atoms with Gasteiger partial charge in [0.2, 0.25) is 15.9 Å². The van der Waals surface area contributed by atoms with E-state index >= 15 is 0 Å². The molecule has 4 rings (SSSR count). The van der Waals surface area contributed by atoms with Crippen molar-refractivity contribution in [2.75, 3.05) is 13.1 Å². The number of rotatable bonds is 4. The Balaban J connectivity index is 1.50. The van der Waals surface area contributed by atoms with Crippen LogP contribution < -0.4 is 5.73 Å². The molecule has 0 aliphatic carbocycles. The number of H-pyrrole nitrogens is 1. The van der Waals surface area contributed by atoms with Crippen molar-refractivity contribution in [2.45, 2.75) is 23.7 Å². The topological polar surface area (TPSA) is 96.3 Å². The predicted molar refractivity (Wildman–Crippen MR) is 104 cm³/mol. The minimum absolute atomic E-state index is 0.193. The molecule has 2 heterocycles. The molecular formula is C20H21N3O3S. The highest BCUT2D eigenvalue weighted by molar-refractivity contribution is 7.89. The van der Waals surface area contributed by atoms with Crippen molar-refractivity contribution in [1.29, 1.82) is 0 Å². The van der Waals surface area contributed by atoms with E-state index in [0.717, 1.165) is 18.4 Å². The first-order chi connectivity index (χ1) is 13.0. The van der Waals surface area contributed by atoms with Crippen molar-refractivity contribution in [3.63, 3.8) is 0 Å². The van der Waals surface area contributed by atoms with E-state index < -0.39 is 15.9 Å². The second-order valence-corrected chi connectivity index (χ2v) is 8.79. The average molecular weight is 383 g/mol. The zero-order valence-corrected chi connectivity index (χ0v) is 15.6. The van der Waals surface area contributed by atoms with Crippen molar-refractivity contribution < 1.29 is 13.2 Å². The van der Waals surface area contributed by atoms with E-state index in [9.17, 15) is 13.2 Å². The van der Waals surface area contributed by atoms with Crippen molar-refractivity contribution in [2.24, 2.45) is 5.73 Å². The largest absolute Gasteiger partial charge is 0.366 e. The Morgan fingerprint density at radius 2 is 1.70 bits per heavy atom. The summed E-state index contributed by atoms with van der Waals surface area (Å²) in [5.41, 5.74) is 7.88. The lowest BCUT2D eigenvalue weighted by Gasteiger charge is -2.31. The van der Waals surface area contributed by atoms with Gasteiger partial charge in [-0.3, -0.25) is 4.79 Å². The van der Waals surface area contributed by atoms with Crippen molar-refractivity contribution >= 4 is 26.8 Å². The Morgan fingerprint density at radius 1 is 1.04 bits per heavy atom. The van der Waals surface area contributed by atoms with E-state index in [1.807, 2.05) is 24.4 Å². The van der Waals surface area contributed by atoms with Gasteiger partial charge >= 0.3 is 0 Å². The molecule has 0 bridgehead atoms. The summed E-state index contributed by atoms with van der Waals surface area (Å²) in [6.07, 6.45) is 3.60. The molecule has 1 saturated heterocycles. The summed E-state index contributed by atoms with van der Waals surface area (Å²) in [5.74, 6) is -0.233. The third kappa shape index (κ3) is 3.24. The van der Waals surface area contributed by atoms with Gasteiger partial charge < -0.3 is 10.7 Å². The van der Waals surface area contributed by atoms with Crippen LogP contribution in [0.5, 0.6) is 0 Å². The van der Waals surface area contributed by atoms with Gasteiger partial charge in [-0.15, -0.1) is 0 Å². The van der Waals surface area contributed by atoms with Crippen LogP contribution in [0.15, 0.2) is 59.6 Å². The molecule has 6 nitrogen and oxygen atoms in total. The highest BCUT2D eigenvalue weighted by Gasteiger charge is 2.30. The Labute approximate surface area is 158 Å². The number of nitrogens with two attached hydrogens (primary N) is 1. The Kier molecular flexibility index (Phi) is 4.49. The number of hydrogen-bond donors (Lipinski definition) is 2. The van der Waals surface area contributed by atoms with E-state index in [-0.39, 0.29) is 4.90 Å². The Bertz CT molecular complexity index is 1080. The zero-order valence-electron chi connectivity index (χ0n) is 14.8. The van der Waals surface area contributed by atoms with Crippen LogP contribution in [0.4, 0.5) is 0 Å². The summed E-state index contributed by atoms with van der Waals surface area (Å²) in [6.45, 7) is 0.953. The molecule has 1 aromatic heterocycles. The van der Waals surface area contributed by atoms with Gasteiger partial charge in [0.25, 0.3) is 0 Å². The monoisotopic (exact) mass is 383 g/mol. The number of benzene rings is 2. The number of carbonyl (C=O) groups excluding carboxylic acids is 1. The fourth-order valence-electron chi connectivity index (χ4n) is 3.78. The number of para-hydroxylation sites is 1. The number of nitrogens with one attached hydrogen (secondary N) is 1. The fraction of sp³-hybridized carbons (Fsp3) is 0.250. The molecule has 0 spiro atoms. The third-order valence-electron chi connectivity index (χ3n) is 5.29. The van der Waals surface area contributed by atoms with Crippen LogP contribution in [0.2, 0.25) is 0 Å². The van der Waals surface area contributed by atoms with Gasteiger partial charge in [0.1, 0.15) is 0 Å². The van der Waals surface area contributed by atoms with Crippen LogP contribution in [0.3, 0.4) is 0 Å². The maximum atomic E-state index is 12.9. The number of nitrogens with zero attached hydrogens (tertiary/aromatic N) is 1. The number of aromatic amines is 1. The van der Waals surface area contributed by atoms with Crippen molar-refractivity contribution in [1.82, 2.24) is 9.29 Å². The molecule has 0 atom stereocenters. The lowest BCUT2D eigenvalue weighted by atomic mass is 9.90. The van der Waals surface area contributed by atoms with Crippen LogP contribution >= 0.6 is 0 Å². The molecule has 140 valence electrons. The number of primary amides is 1. The summed E-state index contributed by atoms with van der Waals surface area (Å²) in [4.78, 5) is 14.7. The molecule has 1 aliphatic rings. The van der Waals surface area contributed by atoms with Gasteiger partial charge in [0.05, 0.1) is 4.90 Å². The zero-order chi connectivity index (χ0) is 19.0. The quantitative estimate of drug-likeness (QED) is 0.725. The molecule has 3 N–H and O–H groups in total. The average Bonchev–Trinajstić information content (AvgIpc) is 3.12. The fourth-order valence-corrected chi connectivity index (χ4v) is 5.25. The normalized spacial score (nSPS) is 16.6. The highest BCUT2D eigenvalue weighted by atomic mass is 32.2. The summed E-state index contributed by atoms with van der Waals surface area (Å²) in [7, 11) is -3.57. The van der Waals surface area contributed by atoms with Gasteiger partial charge in [0.15, 0.2) is 0 Å². The van der Waals surface area contributed by atoms with Gasteiger partial charge in [-0.05, 0) is 54.7 Å². The maximum Gasteiger partial charge on any atom is 0.248 e. The molecule has 1 amide bonds. The Morgan fingerprint density at radius 3 is 2.37 bits per heavy atom. The number of aromatic nitrogens is 1. The summed E-state index contributed by atoms with van der Waals surface area (Å²) >= 11 is 0.